The summed E-state index contributed by atoms with van der Waals surface area (Å²) in [4.78, 5) is 11.7. The second kappa shape index (κ2) is 5.16. The van der Waals surface area contributed by atoms with E-state index in [4.69, 9.17) is 9.84 Å². The van der Waals surface area contributed by atoms with Crippen LogP contribution in [-0.4, -0.2) is 37.8 Å². The molecule has 1 aromatic rings. The van der Waals surface area contributed by atoms with Crippen molar-refractivity contribution in [2.75, 3.05) is 0 Å². The fourth-order valence-corrected chi connectivity index (χ4v) is 2.11. The van der Waals surface area contributed by atoms with Gasteiger partial charge in [0.1, 0.15) is 11.3 Å². The summed E-state index contributed by atoms with van der Waals surface area (Å²) in [5, 5.41) is 19.8. The maximum absolute atomic E-state index is 11.7. The molecule has 0 bridgehead atoms. The van der Waals surface area contributed by atoms with E-state index in [9.17, 15) is 4.79 Å². The molecule has 1 aliphatic heterocycles. The second-order valence-electron chi connectivity index (χ2n) is 5.70. The van der Waals surface area contributed by atoms with Crippen LogP contribution in [0.25, 0.3) is 0 Å². The number of carbonyl (C=O) groups excluding carboxylic acids is 1. The van der Waals surface area contributed by atoms with Crippen molar-refractivity contribution in [3.8, 4) is 0 Å². The summed E-state index contributed by atoms with van der Waals surface area (Å²) in [6.07, 6.45) is 1.12. The van der Waals surface area contributed by atoms with E-state index in [1.54, 1.807) is 4.68 Å². The fraction of sp³-hybridized carbons (Fsp3) is 0.750. The molecule has 0 aromatic carbocycles. The summed E-state index contributed by atoms with van der Waals surface area (Å²) >= 11 is 0. The SMILES string of the molecule is CC(C)(C)OC(=O)N[C@H]1CCc2c(CO)nnn2C1. The monoisotopic (exact) mass is 268 g/mol. The van der Waals surface area contributed by atoms with E-state index in [1.807, 2.05) is 20.8 Å². The van der Waals surface area contributed by atoms with Gasteiger partial charge in [-0.1, -0.05) is 5.21 Å². The molecular weight excluding hydrogens is 248 g/mol. The van der Waals surface area contributed by atoms with E-state index in [0.717, 1.165) is 18.5 Å². The molecule has 0 aliphatic carbocycles. The molecule has 0 radical (unpaired) electrons. The third kappa shape index (κ3) is 3.44. The zero-order valence-corrected chi connectivity index (χ0v) is 11.5. The average Bonchev–Trinajstić information content (AvgIpc) is 2.68. The van der Waals surface area contributed by atoms with Crippen LogP contribution in [0.3, 0.4) is 0 Å². The van der Waals surface area contributed by atoms with Gasteiger partial charge in [0.15, 0.2) is 0 Å². The second-order valence-corrected chi connectivity index (χ2v) is 5.70. The Morgan fingerprint density at radius 1 is 1.58 bits per heavy atom. The lowest BCUT2D eigenvalue weighted by atomic mass is 10.0. The Hall–Kier alpha value is -1.63. The molecule has 106 valence electrons. The number of rotatable bonds is 2. The van der Waals surface area contributed by atoms with Gasteiger partial charge in [-0.25, -0.2) is 9.48 Å². The van der Waals surface area contributed by atoms with E-state index in [2.05, 4.69) is 15.6 Å². The molecule has 0 saturated heterocycles. The van der Waals surface area contributed by atoms with Gasteiger partial charge in [0.25, 0.3) is 0 Å². The number of aliphatic hydroxyl groups is 1. The minimum atomic E-state index is -0.499. The maximum Gasteiger partial charge on any atom is 0.407 e. The minimum Gasteiger partial charge on any atom is -0.444 e. The number of nitrogens with one attached hydrogen (secondary N) is 1. The number of hydrogen-bond acceptors (Lipinski definition) is 5. The number of ether oxygens (including phenoxy) is 1. The Labute approximate surface area is 111 Å². The average molecular weight is 268 g/mol. The lowest BCUT2D eigenvalue weighted by Gasteiger charge is -2.26. The Morgan fingerprint density at radius 2 is 2.32 bits per heavy atom. The van der Waals surface area contributed by atoms with E-state index >= 15 is 0 Å². The van der Waals surface area contributed by atoms with Gasteiger partial charge in [0.05, 0.1) is 24.9 Å². The zero-order valence-electron chi connectivity index (χ0n) is 11.5. The Morgan fingerprint density at radius 3 is 2.95 bits per heavy atom. The molecule has 1 amide bonds. The molecule has 2 N–H and O–H groups in total. The van der Waals surface area contributed by atoms with E-state index in [-0.39, 0.29) is 12.6 Å². The number of hydrogen-bond donors (Lipinski definition) is 2. The molecule has 0 fully saturated rings. The highest BCUT2D eigenvalue weighted by Gasteiger charge is 2.25. The molecule has 0 saturated carbocycles. The summed E-state index contributed by atoms with van der Waals surface area (Å²) in [5.41, 5.74) is 1.07. The fourth-order valence-electron chi connectivity index (χ4n) is 2.11. The highest BCUT2D eigenvalue weighted by Crippen LogP contribution is 2.17. The van der Waals surface area contributed by atoms with E-state index < -0.39 is 11.7 Å². The first-order chi connectivity index (χ1) is 8.89. The third-order valence-corrected chi connectivity index (χ3v) is 2.91. The number of aromatic nitrogens is 3. The highest BCUT2D eigenvalue weighted by atomic mass is 16.6. The minimum absolute atomic E-state index is 0.0180. The number of fused-ring (bicyclic) bond motifs is 1. The van der Waals surface area contributed by atoms with Gasteiger partial charge in [0.2, 0.25) is 0 Å². The zero-order chi connectivity index (χ0) is 14.0. The number of carbonyl (C=O) groups is 1. The smallest absolute Gasteiger partial charge is 0.407 e. The van der Waals surface area contributed by atoms with Crippen molar-refractivity contribution in [2.45, 2.75) is 58.4 Å². The van der Waals surface area contributed by atoms with Crippen LogP contribution in [0.5, 0.6) is 0 Å². The Balaban J connectivity index is 1.93. The van der Waals surface area contributed by atoms with Crippen molar-refractivity contribution in [1.29, 1.82) is 0 Å². The molecule has 2 heterocycles. The lowest BCUT2D eigenvalue weighted by Crippen LogP contribution is -2.43. The summed E-state index contributed by atoms with van der Waals surface area (Å²) < 4.78 is 6.95. The third-order valence-electron chi connectivity index (χ3n) is 2.91. The first kappa shape index (κ1) is 13.8. The molecule has 7 nitrogen and oxygen atoms in total. The van der Waals surface area contributed by atoms with Crippen molar-refractivity contribution >= 4 is 6.09 Å². The van der Waals surface area contributed by atoms with Crippen LogP contribution in [0, 0.1) is 0 Å². The summed E-state index contributed by atoms with van der Waals surface area (Å²) in [5.74, 6) is 0. The predicted molar refractivity (Wildman–Crippen MR) is 67.4 cm³/mol. The van der Waals surface area contributed by atoms with Crippen LogP contribution >= 0.6 is 0 Å². The van der Waals surface area contributed by atoms with Crippen LogP contribution in [0.2, 0.25) is 0 Å². The number of aliphatic hydroxyl groups excluding tert-OH is 1. The van der Waals surface area contributed by atoms with E-state index in [1.165, 1.54) is 0 Å². The van der Waals surface area contributed by atoms with Crippen LogP contribution in [-0.2, 0) is 24.3 Å². The topological polar surface area (TPSA) is 89.3 Å². The van der Waals surface area contributed by atoms with Gasteiger partial charge in [-0.05, 0) is 33.6 Å². The van der Waals surface area contributed by atoms with E-state index in [0.29, 0.717) is 12.2 Å². The molecular formula is C12H20N4O3. The van der Waals surface area contributed by atoms with Crippen LogP contribution in [0.4, 0.5) is 4.79 Å². The van der Waals surface area contributed by atoms with Gasteiger partial charge in [-0.3, -0.25) is 0 Å². The van der Waals surface area contributed by atoms with Crippen molar-refractivity contribution in [2.24, 2.45) is 0 Å². The van der Waals surface area contributed by atoms with Gasteiger partial charge < -0.3 is 15.2 Å². The van der Waals surface area contributed by atoms with Crippen LogP contribution in [0.15, 0.2) is 0 Å². The summed E-state index contributed by atoms with van der Waals surface area (Å²) in [7, 11) is 0. The van der Waals surface area contributed by atoms with Crippen LogP contribution in [0.1, 0.15) is 38.6 Å². The predicted octanol–water partition coefficient (Wildman–Crippen LogP) is 0.610. The first-order valence-corrected chi connectivity index (χ1v) is 6.40. The standard InChI is InChI=1S/C12H20N4O3/c1-12(2,3)19-11(18)13-8-4-5-10-9(7-17)14-15-16(10)6-8/h8,17H,4-7H2,1-3H3,(H,13,18)/t8-/m0/s1. The van der Waals surface area contributed by atoms with Crippen LogP contribution < -0.4 is 5.32 Å². The summed E-state index contributed by atoms with van der Waals surface area (Å²) in [6, 6.07) is -0.0180. The van der Waals surface area contributed by atoms with Gasteiger partial charge in [-0.2, -0.15) is 0 Å². The van der Waals surface area contributed by atoms with Crippen molar-refractivity contribution in [1.82, 2.24) is 20.3 Å². The Kier molecular flexibility index (Phi) is 3.75. The highest BCUT2D eigenvalue weighted by molar-refractivity contribution is 5.68. The largest absolute Gasteiger partial charge is 0.444 e. The molecule has 1 aliphatic rings. The maximum atomic E-state index is 11.7. The molecule has 7 heteroatoms. The molecule has 0 spiro atoms. The van der Waals surface area contributed by atoms with Gasteiger partial charge in [0, 0.05) is 0 Å². The number of amides is 1. The summed E-state index contributed by atoms with van der Waals surface area (Å²) in [6.45, 7) is 5.95. The molecule has 2 rings (SSSR count). The molecule has 1 atom stereocenters. The Bertz CT molecular complexity index is 464. The molecule has 19 heavy (non-hydrogen) atoms. The molecule has 1 aromatic heterocycles. The lowest BCUT2D eigenvalue weighted by molar-refractivity contribution is 0.0491. The van der Waals surface area contributed by atoms with Crippen molar-refractivity contribution in [3.05, 3.63) is 11.4 Å². The quantitative estimate of drug-likeness (QED) is 0.820. The first-order valence-electron chi connectivity index (χ1n) is 6.40. The van der Waals surface area contributed by atoms with Gasteiger partial charge >= 0.3 is 6.09 Å². The number of nitrogens with zero attached hydrogens (tertiary/aromatic N) is 3. The van der Waals surface area contributed by atoms with Gasteiger partial charge in [-0.15, -0.1) is 5.10 Å². The van der Waals surface area contributed by atoms with Crippen molar-refractivity contribution in [3.63, 3.8) is 0 Å². The van der Waals surface area contributed by atoms with Crippen molar-refractivity contribution < 1.29 is 14.6 Å². The molecule has 0 unspecified atom stereocenters. The normalized spacial score (nSPS) is 18.8. The number of alkyl carbamates (subject to hydrolysis) is 1.